The fourth-order valence-electron chi connectivity index (χ4n) is 3.58. The van der Waals surface area contributed by atoms with Crippen molar-refractivity contribution in [3.8, 4) is 11.4 Å². The van der Waals surface area contributed by atoms with Crippen molar-refractivity contribution in [1.82, 2.24) is 14.8 Å². The van der Waals surface area contributed by atoms with Crippen molar-refractivity contribution in [3.05, 3.63) is 59.9 Å². The summed E-state index contributed by atoms with van der Waals surface area (Å²) in [5.74, 6) is 1.32. The van der Waals surface area contributed by atoms with Crippen LogP contribution in [0.15, 0.2) is 53.4 Å². The topological polar surface area (TPSA) is 103 Å². The first-order chi connectivity index (χ1) is 15.0. The van der Waals surface area contributed by atoms with E-state index in [-0.39, 0.29) is 11.5 Å². The third kappa shape index (κ3) is 4.61. The zero-order chi connectivity index (χ0) is 21.8. The molecule has 4 rings (SSSR count). The van der Waals surface area contributed by atoms with Crippen LogP contribution in [0.3, 0.4) is 0 Å². The van der Waals surface area contributed by atoms with E-state index >= 15 is 0 Å². The number of ether oxygens (including phenoxy) is 1. The van der Waals surface area contributed by atoms with E-state index in [1.165, 1.54) is 30.7 Å². The average molecular weight is 441 g/mol. The van der Waals surface area contributed by atoms with Crippen molar-refractivity contribution in [2.45, 2.75) is 44.0 Å². The van der Waals surface area contributed by atoms with Crippen LogP contribution in [0.2, 0.25) is 0 Å². The van der Waals surface area contributed by atoms with Crippen molar-refractivity contribution >= 4 is 21.7 Å². The van der Waals surface area contributed by atoms with E-state index in [0.717, 1.165) is 43.0 Å². The Hall–Kier alpha value is -3.20. The lowest BCUT2D eigenvalue weighted by molar-refractivity contribution is 0.0526. The first kappa shape index (κ1) is 21.0. The van der Waals surface area contributed by atoms with Crippen molar-refractivity contribution < 1.29 is 17.9 Å². The molecular weight excluding hydrogens is 416 g/mol. The van der Waals surface area contributed by atoms with E-state index in [1.54, 1.807) is 19.1 Å². The number of benzene rings is 2. The Labute approximate surface area is 181 Å². The second-order valence-electron chi connectivity index (χ2n) is 7.33. The summed E-state index contributed by atoms with van der Waals surface area (Å²) >= 11 is 0. The van der Waals surface area contributed by atoms with Gasteiger partial charge >= 0.3 is 5.97 Å². The number of carbonyl (C=O) groups is 1. The molecule has 1 aromatic heterocycles. The molecule has 1 N–H and O–H groups in total. The van der Waals surface area contributed by atoms with Crippen molar-refractivity contribution in [2.24, 2.45) is 0 Å². The molecule has 0 fully saturated rings. The number of aryl methyl sites for hydroxylation is 1. The monoisotopic (exact) mass is 440 g/mol. The molecule has 2 aromatic carbocycles. The number of sulfonamides is 1. The number of rotatable bonds is 6. The van der Waals surface area contributed by atoms with Gasteiger partial charge in [-0.25, -0.2) is 13.2 Å². The summed E-state index contributed by atoms with van der Waals surface area (Å²) in [6, 6.07) is 12.7. The highest BCUT2D eigenvalue weighted by Gasteiger charge is 2.18. The van der Waals surface area contributed by atoms with Gasteiger partial charge in [-0.1, -0.05) is 6.42 Å². The normalized spacial score (nSPS) is 13.8. The van der Waals surface area contributed by atoms with Gasteiger partial charge in [0.1, 0.15) is 5.82 Å². The highest BCUT2D eigenvalue weighted by molar-refractivity contribution is 7.92. The number of hydrogen-bond acceptors (Lipinski definition) is 6. The molecule has 3 aromatic rings. The van der Waals surface area contributed by atoms with Crippen molar-refractivity contribution in [2.75, 3.05) is 11.3 Å². The molecular formula is C22H24N4O4S. The number of nitrogens with one attached hydrogen (secondary N) is 1. The number of nitrogens with zero attached hydrogens (tertiary/aromatic N) is 3. The van der Waals surface area contributed by atoms with Crippen LogP contribution in [-0.2, 0) is 27.7 Å². The van der Waals surface area contributed by atoms with Gasteiger partial charge < -0.3 is 9.30 Å². The molecule has 0 saturated carbocycles. The smallest absolute Gasteiger partial charge is 0.338 e. The lowest BCUT2D eigenvalue weighted by atomic mass is 10.2. The fraction of sp³-hybridized carbons (Fsp3) is 0.318. The Morgan fingerprint density at radius 3 is 2.48 bits per heavy atom. The van der Waals surface area contributed by atoms with Gasteiger partial charge in [0, 0.05) is 24.2 Å². The van der Waals surface area contributed by atoms with Crippen molar-refractivity contribution in [3.63, 3.8) is 0 Å². The zero-order valence-electron chi connectivity index (χ0n) is 17.2. The molecule has 0 aliphatic carbocycles. The number of aromatic nitrogens is 3. The maximum absolute atomic E-state index is 12.7. The van der Waals surface area contributed by atoms with E-state index in [0.29, 0.717) is 11.3 Å². The Morgan fingerprint density at radius 1 is 1.03 bits per heavy atom. The van der Waals surface area contributed by atoms with Crippen LogP contribution in [0, 0.1) is 0 Å². The second kappa shape index (κ2) is 8.89. The Balaban J connectivity index is 1.50. The highest BCUT2D eigenvalue weighted by Crippen LogP contribution is 2.25. The third-order valence-corrected chi connectivity index (χ3v) is 6.58. The molecule has 0 amide bonds. The summed E-state index contributed by atoms with van der Waals surface area (Å²) in [6.45, 7) is 2.87. The standard InChI is InChI=1S/C22H24N4O4S/c1-2-30-22(27)17-9-13-19(14-10-17)31(28,29)25-18-11-7-16(8-12-18)21-24-23-20-6-4-3-5-15-26(20)21/h7-14,25H,2-6,15H2,1H3. The van der Waals surface area contributed by atoms with E-state index in [9.17, 15) is 13.2 Å². The van der Waals surface area contributed by atoms with Crippen LogP contribution >= 0.6 is 0 Å². The summed E-state index contributed by atoms with van der Waals surface area (Å²) in [5, 5.41) is 8.65. The highest BCUT2D eigenvalue weighted by atomic mass is 32.2. The molecule has 162 valence electrons. The second-order valence-corrected chi connectivity index (χ2v) is 9.01. The molecule has 0 saturated heterocycles. The molecule has 0 radical (unpaired) electrons. The van der Waals surface area contributed by atoms with Crippen LogP contribution in [0.5, 0.6) is 0 Å². The number of anilines is 1. The third-order valence-electron chi connectivity index (χ3n) is 5.18. The molecule has 0 spiro atoms. The van der Waals surface area contributed by atoms with E-state index in [4.69, 9.17) is 4.74 Å². The van der Waals surface area contributed by atoms with Crippen LogP contribution in [0.25, 0.3) is 11.4 Å². The van der Waals surface area contributed by atoms with E-state index in [2.05, 4.69) is 19.5 Å². The summed E-state index contributed by atoms with van der Waals surface area (Å²) in [4.78, 5) is 11.8. The van der Waals surface area contributed by atoms with Gasteiger partial charge in [-0.2, -0.15) is 0 Å². The van der Waals surface area contributed by atoms with Gasteiger partial charge in [0.05, 0.1) is 17.1 Å². The van der Waals surface area contributed by atoms with Gasteiger partial charge in [0.25, 0.3) is 10.0 Å². The molecule has 1 aliphatic rings. The maximum Gasteiger partial charge on any atom is 0.338 e. The Bertz CT molecular complexity index is 1170. The summed E-state index contributed by atoms with van der Waals surface area (Å²) in [7, 11) is -3.79. The van der Waals surface area contributed by atoms with Crippen LogP contribution in [0.1, 0.15) is 42.4 Å². The summed E-state index contributed by atoms with van der Waals surface area (Å²) in [5.41, 5.74) is 1.63. The minimum absolute atomic E-state index is 0.0624. The Kier molecular flexibility index (Phi) is 6.03. The molecule has 9 heteroatoms. The number of hydrogen-bond donors (Lipinski definition) is 1. The largest absolute Gasteiger partial charge is 0.462 e. The number of fused-ring (bicyclic) bond motifs is 1. The SMILES string of the molecule is CCOC(=O)c1ccc(S(=O)(=O)Nc2ccc(-c3nnc4n3CCCCC4)cc2)cc1. The molecule has 0 unspecified atom stereocenters. The van der Waals surface area contributed by atoms with Crippen molar-refractivity contribution in [1.29, 1.82) is 0 Å². The lowest BCUT2D eigenvalue weighted by Crippen LogP contribution is -2.13. The van der Waals surface area contributed by atoms with Crippen LogP contribution < -0.4 is 4.72 Å². The molecule has 1 aliphatic heterocycles. The lowest BCUT2D eigenvalue weighted by Gasteiger charge is -2.10. The molecule has 31 heavy (non-hydrogen) atoms. The number of carbonyl (C=O) groups excluding carboxylic acids is 1. The molecule has 0 atom stereocenters. The average Bonchev–Trinajstić information content (AvgIpc) is 3.02. The summed E-state index contributed by atoms with van der Waals surface area (Å²) in [6.07, 6.45) is 4.34. The van der Waals surface area contributed by atoms with Crippen LogP contribution in [-0.4, -0.2) is 35.8 Å². The maximum atomic E-state index is 12.7. The van der Waals surface area contributed by atoms with Gasteiger partial charge in [-0.05, 0) is 68.3 Å². The molecule has 0 bridgehead atoms. The van der Waals surface area contributed by atoms with Gasteiger partial charge in [-0.15, -0.1) is 10.2 Å². The molecule has 2 heterocycles. The van der Waals surface area contributed by atoms with Crippen LogP contribution in [0.4, 0.5) is 5.69 Å². The van der Waals surface area contributed by atoms with E-state index in [1.807, 2.05) is 12.1 Å². The van der Waals surface area contributed by atoms with Gasteiger partial charge in [0.15, 0.2) is 5.82 Å². The minimum Gasteiger partial charge on any atom is -0.462 e. The minimum atomic E-state index is -3.79. The first-order valence-corrected chi connectivity index (χ1v) is 11.8. The zero-order valence-corrected chi connectivity index (χ0v) is 18.1. The summed E-state index contributed by atoms with van der Waals surface area (Å²) < 4.78 is 35.0. The number of esters is 1. The van der Waals surface area contributed by atoms with Gasteiger partial charge in [0.2, 0.25) is 0 Å². The Morgan fingerprint density at radius 2 is 1.77 bits per heavy atom. The van der Waals surface area contributed by atoms with E-state index < -0.39 is 16.0 Å². The first-order valence-electron chi connectivity index (χ1n) is 10.3. The quantitative estimate of drug-likeness (QED) is 0.587. The predicted octanol–water partition coefficient (Wildman–Crippen LogP) is 3.65. The molecule has 8 nitrogen and oxygen atoms in total. The fourth-order valence-corrected chi connectivity index (χ4v) is 4.64. The van der Waals surface area contributed by atoms with Gasteiger partial charge in [-0.3, -0.25) is 4.72 Å². The predicted molar refractivity (Wildman–Crippen MR) is 116 cm³/mol.